The molecule has 1 fully saturated rings. The minimum absolute atomic E-state index is 0.202. The molecule has 0 saturated carbocycles. The predicted molar refractivity (Wildman–Crippen MR) is 125 cm³/mol. The van der Waals surface area contributed by atoms with Crippen molar-refractivity contribution in [2.24, 2.45) is 0 Å². The Morgan fingerprint density at radius 1 is 1.27 bits per heavy atom. The van der Waals surface area contributed by atoms with Crippen molar-refractivity contribution in [2.45, 2.75) is 50.7 Å². The summed E-state index contributed by atoms with van der Waals surface area (Å²) in [6, 6.07) is 9.23. The zero-order valence-electron chi connectivity index (χ0n) is 18.2. The Bertz CT molecular complexity index is 819. The van der Waals surface area contributed by atoms with E-state index in [9.17, 15) is 4.79 Å². The lowest BCUT2D eigenvalue weighted by molar-refractivity contribution is -0.108. The highest BCUT2D eigenvalue weighted by atomic mass is 16.1. The van der Waals surface area contributed by atoms with Crippen molar-refractivity contribution in [2.75, 3.05) is 20.1 Å². The van der Waals surface area contributed by atoms with Gasteiger partial charge in [0.1, 0.15) is 6.29 Å². The van der Waals surface area contributed by atoms with Crippen LogP contribution < -0.4 is 0 Å². The van der Waals surface area contributed by atoms with Gasteiger partial charge in [-0.3, -0.25) is 9.80 Å². The molecule has 0 amide bonds. The molecule has 1 N–H and O–H groups in total. The van der Waals surface area contributed by atoms with E-state index in [-0.39, 0.29) is 6.04 Å². The van der Waals surface area contributed by atoms with Crippen LogP contribution in [-0.2, 0) is 17.9 Å². The largest absolute Gasteiger partial charge is 0.367 e. The smallest absolute Gasteiger partial charge is 0.120 e. The van der Waals surface area contributed by atoms with E-state index in [1.165, 1.54) is 35.1 Å². The number of piperidine rings is 1. The molecule has 1 atom stereocenters. The lowest BCUT2D eigenvalue weighted by Crippen LogP contribution is -2.32. The average Bonchev–Trinajstić information content (AvgIpc) is 3.28. The van der Waals surface area contributed by atoms with Crippen molar-refractivity contribution in [3.05, 3.63) is 78.1 Å². The van der Waals surface area contributed by atoms with Crippen LogP contribution in [0, 0.1) is 0 Å². The molecule has 0 bridgehead atoms. The van der Waals surface area contributed by atoms with Gasteiger partial charge < -0.3 is 9.78 Å². The van der Waals surface area contributed by atoms with Gasteiger partial charge in [0.2, 0.25) is 0 Å². The van der Waals surface area contributed by atoms with Gasteiger partial charge in [0, 0.05) is 37.9 Å². The summed E-state index contributed by atoms with van der Waals surface area (Å²) in [5.74, 6) is 0.612. The number of carbonyl (C=O) groups is 1. The number of aromatic amines is 1. The Labute approximate surface area is 181 Å². The van der Waals surface area contributed by atoms with Crippen LogP contribution in [0.3, 0.4) is 0 Å². The molecule has 3 rings (SSSR count). The van der Waals surface area contributed by atoms with Crippen LogP contribution in [0.15, 0.2) is 55.9 Å². The van der Waals surface area contributed by atoms with Crippen molar-refractivity contribution in [3.63, 3.8) is 0 Å². The van der Waals surface area contributed by atoms with Crippen molar-refractivity contribution < 1.29 is 4.79 Å². The van der Waals surface area contributed by atoms with Gasteiger partial charge in [0.15, 0.2) is 0 Å². The van der Waals surface area contributed by atoms with Crippen molar-refractivity contribution in [3.8, 4) is 0 Å². The fraction of sp³-hybridized carbons (Fsp3) is 0.423. The number of nitrogens with one attached hydrogen (secondary N) is 1. The predicted octanol–water partition coefficient (Wildman–Crippen LogP) is 5.00. The van der Waals surface area contributed by atoms with Crippen LogP contribution in [0.5, 0.6) is 0 Å². The molecule has 4 heteroatoms. The molecule has 1 unspecified atom stereocenters. The minimum atomic E-state index is 0.202. The van der Waals surface area contributed by atoms with Crippen molar-refractivity contribution >= 4 is 12.4 Å². The number of aromatic nitrogens is 1. The van der Waals surface area contributed by atoms with Crippen LogP contribution in [-0.4, -0.2) is 47.2 Å². The van der Waals surface area contributed by atoms with Gasteiger partial charge in [-0.15, -0.1) is 6.58 Å². The number of likely N-dealkylation sites (N-methyl/N-ethyl adjacent to an activating group) is 1. The van der Waals surface area contributed by atoms with Crippen LogP contribution >= 0.6 is 0 Å². The van der Waals surface area contributed by atoms with E-state index < -0.39 is 0 Å². The summed E-state index contributed by atoms with van der Waals surface area (Å²) in [4.78, 5) is 18.7. The zero-order chi connectivity index (χ0) is 21.3. The minimum Gasteiger partial charge on any atom is -0.367 e. The van der Waals surface area contributed by atoms with E-state index in [4.69, 9.17) is 0 Å². The fourth-order valence-electron chi connectivity index (χ4n) is 4.50. The SMILES string of the molecule is C=Cc1ccc(C2CCN(Cc3cc[nH]c3)CC2)cc1CN(C)C(C=C)CCC=O. The molecule has 0 aliphatic carbocycles. The maximum absolute atomic E-state index is 10.8. The Kier molecular flexibility index (Phi) is 8.23. The van der Waals surface area contributed by atoms with Gasteiger partial charge in [-0.05, 0) is 73.6 Å². The molecular formula is C26H35N3O. The van der Waals surface area contributed by atoms with Crippen LogP contribution in [0.25, 0.3) is 6.08 Å². The third kappa shape index (κ3) is 5.80. The Morgan fingerprint density at radius 3 is 2.70 bits per heavy atom. The topological polar surface area (TPSA) is 39.3 Å². The van der Waals surface area contributed by atoms with Gasteiger partial charge in [0.25, 0.3) is 0 Å². The Balaban J connectivity index is 1.64. The van der Waals surface area contributed by atoms with Crippen molar-refractivity contribution in [1.82, 2.24) is 14.8 Å². The van der Waals surface area contributed by atoms with E-state index in [1.807, 2.05) is 18.3 Å². The van der Waals surface area contributed by atoms with E-state index in [0.29, 0.717) is 12.3 Å². The number of carbonyl (C=O) groups excluding carboxylic acids is 1. The highest BCUT2D eigenvalue weighted by molar-refractivity contribution is 5.53. The number of aldehydes is 1. The number of hydrogen-bond donors (Lipinski definition) is 1. The highest BCUT2D eigenvalue weighted by Crippen LogP contribution is 2.31. The Hall–Kier alpha value is -2.43. The molecule has 2 heterocycles. The molecule has 1 saturated heterocycles. The third-order valence-corrected chi connectivity index (χ3v) is 6.35. The number of hydrogen-bond acceptors (Lipinski definition) is 3. The highest BCUT2D eigenvalue weighted by Gasteiger charge is 2.22. The quantitative estimate of drug-likeness (QED) is 0.422. The molecule has 0 spiro atoms. The number of likely N-dealkylation sites (tertiary alicyclic amines) is 1. The first-order chi connectivity index (χ1) is 14.6. The summed E-state index contributed by atoms with van der Waals surface area (Å²) < 4.78 is 0. The standard InChI is InChI=1S/C26H35N3O/c1-4-22-8-9-24(17-25(22)20-28(3)26(5-2)7-6-16-30)23-11-14-29(15-12-23)19-21-10-13-27-18-21/h4-5,8-10,13,16-18,23,26-27H,1-2,6-7,11-12,14-15,19-20H2,3H3. The molecule has 1 aliphatic heterocycles. The molecule has 2 aromatic rings. The van der Waals surface area contributed by atoms with Gasteiger partial charge in [-0.1, -0.05) is 36.9 Å². The first-order valence-corrected chi connectivity index (χ1v) is 11.0. The molecule has 1 aromatic heterocycles. The summed E-state index contributed by atoms with van der Waals surface area (Å²) in [5, 5.41) is 0. The van der Waals surface area contributed by atoms with Crippen LogP contribution in [0.2, 0.25) is 0 Å². The van der Waals surface area contributed by atoms with E-state index >= 15 is 0 Å². The Morgan fingerprint density at radius 2 is 2.07 bits per heavy atom. The van der Waals surface area contributed by atoms with Gasteiger partial charge in [-0.25, -0.2) is 0 Å². The average molecular weight is 406 g/mol. The van der Waals surface area contributed by atoms with Gasteiger partial charge in [-0.2, -0.15) is 0 Å². The number of nitrogens with zero attached hydrogens (tertiary/aromatic N) is 2. The molecular weight excluding hydrogens is 370 g/mol. The summed E-state index contributed by atoms with van der Waals surface area (Å²) in [6.45, 7) is 12.1. The molecule has 160 valence electrons. The zero-order valence-corrected chi connectivity index (χ0v) is 18.2. The fourth-order valence-corrected chi connectivity index (χ4v) is 4.50. The summed E-state index contributed by atoms with van der Waals surface area (Å²) in [5.41, 5.74) is 5.29. The molecule has 4 nitrogen and oxygen atoms in total. The molecule has 1 aromatic carbocycles. The van der Waals surface area contributed by atoms with E-state index in [0.717, 1.165) is 38.9 Å². The first-order valence-electron chi connectivity index (χ1n) is 11.0. The number of benzene rings is 1. The second kappa shape index (κ2) is 11.1. The lowest BCUT2D eigenvalue weighted by Gasteiger charge is -2.32. The summed E-state index contributed by atoms with van der Waals surface area (Å²) in [6.07, 6.45) is 12.7. The van der Waals surface area contributed by atoms with Gasteiger partial charge in [0.05, 0.1) is 0 Å². The summed E-state index contributed by atoms with van der Waals surface area (Å²) >= 11 is 0. The number of H-pyrrole nitrogens is 1. The first kappa shape index (κ1) is 22.3. The normalized spacial score (nSPS) is 16.5. The molecule has 30 heavy (non-hydrogen) atoms. The number of rotatable bonds is 11. The molecule has 0 radical (unpaired) electrons. The van der Waals surface area contributed by atoms with E-state index in [1.54, 1.807) is 0 Å². The second-order valence-corrected chi connectivity index (χ2v) is 8.39. The van der Waals surface area contributed by atoms with Gasteiger partial charge >= 0.3 is 0 Å². The van der Waals surface area contributed by atoms with E-state index in [2.05, 4.69) is 65.5 Å². The third-order valence-electron chi connectivity index (χ3n) is 6.35. The lowest BCUT2D eigenvalue weighted by atomic mass is 9.87. The monoisotopic (exact) mass is 405 g/mol. The summed E-state index contributed by atoms with van der Waals surface area (Å²) in [7, 11) is 2.11. The maximum atomic E-state index is 10.8. The second-order valence-electron chi connectivity index (χ2n) is 8.39. The van der Waals surface area contributed by atoms with Crippen LogP contribution in [0.1, 0.15) is 53.9 Å². The van der Waals surface area contributed by atoms with Crippen LogP contribution in [0.4, 0.5) is 0 Å². The van der Waals surface area contributed by atoms with Crippen molar-refractivity contribution in [1.29, 1.82) is 0 Å². The molecule has 1 aliphatic rings. The maximum Gasteiger partial charge on any atom is 0.120 e.